The molecule has 1 aromatic heterocycles. The van der Waals surface area contributed by atoms with Gasteiger partial charge in [-0.3, -0.25) is 4.90 Å². The monoisotopic (exact) mass is 454 g/mol. The van der Waals surface area contributed by atoms with Crippen molar-refractivity contribution < 1.29 is 14.2 Å². The molecule has 2 saturated heterocycles. The van der Waals surface area contributed by atoms with Gasteiger partial charge in [0.05, 0.1) is 18.4 Å². The van der Waals surface area contributed by atoms with Crippen molar-refractivity contribution in [2.75, 3.05) is 30.4 Å². The number of rotatable bonds is 8. The predicted molar refractivity (Wildman–Crippen MR) is 124 cm³/mol. The topological polar surface area (TPSA) is 106 Å². The van der Waals surface area contributed by atoms with Gasteiger partial charge in [-0.1, -0.05) is 0 Å². The van der Waals surface area contributed by atoms with E-state index >= 15 is 0 Å². The minimum atomic E-state index is -0.488. The number of nitriles is 1. The van der Waals surface area contributed by atoms with Gasteiger partial charge in [0, 0.05) is 36.3 Å². The fraction of sp³-hybridized carbons (Fsp3) is 0.542. The molecule has 1 aromatic carbocycles. The average Bonchev–Trinajstić information content (AvgIpc) is 3.26. The summed E-state index contributed by atoms with van der Waals surface area (Å²) in [6.45, 7) is 6.00. The van der Waals surface area contributed by atoms with Gasteiger partial charge in [0.15, 0.2) is 11.6 Å². The third-order valence-electron chi connectivity index (χ3n) is 6.46. The highest BCUT2D eigenvalue weighted by Crippen LogP contribution is 2.38. The van der Waals surface area contributed by atoms with Gasteiger partial charge < -0.3 is 20.5 Å². The molecule has 2 aliphatic heterocycles. The molecule has 2 fully saturated rings. The molecular formula is C24H31FN6O2. The lowest BCUT2D eigenvalue weighted by atomic mass is 9.84. The van der Waals surface area contributed by atoms with Crippen molar-refractivity contribution in [3.63, 3.8) is 0 Å². The number of nitrogens with one attached hydrogen (secondary N) is 2. The molecule has 176 valence electrons. The van der Waals surface area contributed by atoms with E-state index in [1.165, 1.54) is 12.8 Å². The van der Waals surface area contributed by atoms with E-state index in [9.17, 15) is 9.65 Å². The summed E-state index contributed by atoms with van der Waals surface area (Å²) in [6.07, 6.45) is 5.93. The molecule has 2 atom stereocenters. The van der Waals surface area contributed by atoms with Crippen LogP contribution in [-0.4, -0.2) is 57.4 Å². The average molecular weight is 455 g/mol. The van der Waals surface area contributed by atoms with E-state index in [4.69, 9.17) is 9.84 Å². The van der Waals surface area contributed by atoms with Crippen LogP contribution in [0.2, 0.25) is 0 Å². The van der Waals surface area contributed by atoms with Gasteiger partial charge in [-0.2, -0.15) is 10.2 Å². The molecule has 33 heavy (non-hydrogen) atoms. The zero-order valence-electron chi connectivity index (χ0n) is 19.1. The lowest BCUT2D eigenvalue weighted by molar-refractivity contribution is 0.0500. The summed E-state index contributed by atoms with van der Waals surface area (Å²) in [7, 11) is 0. The second-order valence-corrected chi connectivity index (χ2v) is 9.35. The summed E-state index contributed by atoms with van der Waals surface area (Å²) in [6, 6.07) is 7.82. The molecule has 3 heterocycles. The Morgan fingerprint density at radius 3 is 3.03 bits per heavy atom. The zero-order chi connectivity index (χ0) is 23.4. The third kappa shape index (κ3) is 5.34. The SMILES string of the molecule is CC1(C)CC(Nc2nc(Nc3ccc(OCCCO)c(C#N)c3)ncc2F)CC2CCCN21. The van der Waals surface area contributed by atoms with Crippen molar-refractivity contribution in [3.05, 3.63) is 35.8 Å². The molecule has 4 rings (SSSR count). The van der Waals surface area contributed by atoms with Crippen LogP contribution in [0.25, 0.3) is 0 Å². The molecule has 0 amide bonds. The number of piperidine rings is 1. The molecule has 0 saturated carbocycles. The summed E-state index contributed by atoms with van der Waals surface area (Å²) >= 11 is 0. The van der Waals surface area contributed by atoms with E-state index in [0.717, 1.165) is 25.6 Å². The van der Waals surface area contributed by atoms with Gasteiger partial charge in [0.2, 0.25) is 5.95 Å². The third-order valence-corrected chi connectivity index (χ3v) is 6.46. The molecule has 0 bridgehead atoms. The molecule has 0 spiro atoms. The Balaban J connectivity index is 1.46. The number of anilines is 3. The summed E-state index contributed by atoms with van der Waals surface area (Å²) in [5.74, 6) is 0.385. The molecule has 2 aliphatic rings. The maximum absolute atomic E-state index is 14.5. The van der Waals surface area contributed by atoms with Crippen LogP contribution < -0.4 is 15.4 Å². The van der Waals surface area contributed by atoms with Crippen molar-refractivity contribution in [2.24, 2.45) is 0 Å². The van der Waals surface area contributed by atoms with Crippen molar-refractivity contribution >= 4 is 17.5 Å². The van der Waals surface area contributed by atoms with E-state index in [1.807, 2.05) is 0 Å². The van der Waals surface area contributed by atoms with Crippen molar-refractivity contribution in [1.29, 1.82) is 5.26 Å². The summed E-state index contributed by atoms with van der Waals surface area (Å²) in [5.41, 5.74) is 1.01. The van der Waals surface area contributed by atoms with Gasteiger partial charge in [-0.25, -0.2) is 9.37 Å². The molecule has 3 N–H and O–H groups in total. The first-order valence-electron chi connectivity index (χ1n) is 11.5. The number of aromatic nitrogens is 2. The maximum atomic E-state index is 14.5. The first-order valence-corrected chi connectivity index (χ1v) is 11.5. The number of halogens is 1. The van der Waals surface area contributed by atoms with Crippen LogP contribution in [0.4, 0.5) is 21.8 Å². The number of fused-ring (bicyclic) bond motifs is 1. The Morgan fingerprint density at radius 2 is 2.24 bits per heavy atom. The Kier molecular flexibility index (Phi) is 6.96. The minimum absolute atomic E-state index is 0.0249. The van der Waals surface area contributed by atoms with Crippen LogP contribution in [0.3, 0.4) is 0 Å². The van der Waals surface area contributed by atoms with Crippen LogP contribution >= 0.6 is 0 Å². The highest BCUT2D eigenvalue weighted by molar-refractivity contribution is 5.61. The quantitative estimate of drug-likeness (QED) is 0.517. The number of aliphatic hydroxyl groups is 1. The lowest BCUT2D eigenvalue weighted by Crippen LogP contribution is -2.55. The van der Waals surface area contributed by atoms with Crippen LogP contribution in [0.5, 0.6) is 5.75 Å². The van der Waals surface area contributed by atoms with Crippen molar-refractivity contribution in [3.8, 4) is 11.8 Å². The number of nitrogens with zero attached hydrogens (tertiary/aromatic N) is 4. The van der Waals surface area contributed by atoms with E-state index in [1.54, 1.807) is 18.2 Å². The number of ether oxygens (including phenoxy) is 1. The van der Waals surface area contributed by atoms with E-state index in [-0.39, 0.29) is 30.0 Å². The first kappa shape index (κ1) is 23.2. The maximum Gasteiger partial charge on any atom is 0.229 e. The molecule has 2 aromatic rings. The Hall–Kier alpha value is -2.96. The second kappa shape index (κ2) is 9.89. The second-order valence-electron chi connectivity index (χ2n) is 9.35. The molecule has 2 unspecified atom stereocenters. The summed E-state index contributed by atoms with van der Waals surface area (Å²) < 4.78 is 20.1. The van der Waals surface area contributed by atoms with E-state index < -0.39 is 5.82 Å². The largest absolute Gasteiger partial charge is 0.492 e. The van der Waals surface area contributed by atoms with Crippen LogP contribution in [0.15, 0.2) is 24.4 Å². The number of hydrogen-bond acceptors (Lipinski definition) is 8. The van der Waals surface area contributed by atoms with Crippen molar-refractivity contribution in [1.82, 2.24) is 14.9 Å². The predicted octanol–water partition coefficient (Wildman–Crippen LogP) is 3.81. The summed E-state index contributed by atoms with van der Waals surface area (Å²) in [5, 5.41) is 24.7. The number of benzene rings is 1. The number of hydrogen-bond donors (Lipinski definition) is 3. The van der Waals surface area contributed by atoms with Gasteiger partial charge >= 0.3 is 0 Å². The minimum Gasteiger partial charge on any atom is -0.492 e. The molecule has 0 aliphatic carbocycles. The Bertz CT molecular complexity index is 1020. The fourth-order valence-electron chi connectivity index (χ4n) is 5.04. The zero-order valence-corrected chi connectivity index (χ0v) is 19.1. The van der Waals surface area contributed by atoms with Crippen molar-refractivity contribution in [2.45, 2.75) is 63.6 Å². The molecule has 0 radical (unpaired) electrons. The molecule has 8 nitrogen and oxygen atoms in total. The Labute approximate surface area is 193 Å². The summed E-state index contributed by atoms with van der Waals surface area (Å²) in [4.78, 5) is 11.0. The Morgan fingerprint density at radius 1 is 1.39 bits per heavy atom. The molecular weight excluding hydrogens is 423 g/mol. The van der Waals surface area contributed by atoms with Gasteiger partial charge in [-0.05, 0) is 64.3 Å². The lowest BCUT2D eigenvalue weighted by Gasteiger charge is -2.47. The van der Waals surface area contributed by atoms with E-state index in [2.05, 4.69) is 45.4 Å². The fourth-order valence-corrected chi connectivity index (χ4v) is 5.04. The highest BCUT2D eigenvalue weighted by Gasteiger charge is 2.43. The van der Waals surface area contributed by atoms with Crippen LogP contribution in [0, 0.1) is 17.1 Å². The van der Waals surface area contributed by atoms with Crippen LogP contribution in [-0.2, 0) is 0 Å². The molecule has 9 heteroatoms. The van der Waals surface area contributed by atoms with E-state index in [0.29, 0.717) is 36.1 Å². The van der Waals surface area contributed by atoms with Gasteiger partial charge in [-0.15, -0.1) is 0 Å². The standard InChI is InChI=1S/C24H31FN6O2/c1-24(2)13-18(12-19-5-3-8-31(19)24)28-22-20(25)15-27-23(30-22)29-17-6-7-21(16(11-17)14-26)33-10-4-9-32/h6-7,11,15,18-19,32H,3-5,8-10,12-13H2,1-2H3,(H2,27,28,29,30). The van der Waals surface area contributed by atoms with Gasteiger partial charge in [0.25, 0.3) is 0 Å². The smallest absolute Gasteiger partial charge is 0.229 e. The normalized spacial score (nSPS) is 21.8. The highest BCUT2D eigenvalue weighted by atomic mass is 19.1. The first-order chi connectivity index (χ1) is 15.9. The van der Waals surface area contributed by atoms with Crippen LogP contribution in [0.1, 0.15) is 51.5 Å². The number of aliphatic hydroxyl groups excluding tert-OH is 1. The van der Waals surface area contributed by atoms with Gasteiger partial charge in [0.1, 0.15) is 11.8 Å².